The molecule has 2 aliphatic heterocycles. The predicted octanol–water partition coefficient (Wildman–Crippen LogP) is 3.61. The number of nitrogens with one attached hydrogen (secondary N) is 1. The summed E-state index contributed by atoms with van der Waals surface area (Å²) in [5.74, 6) is -0.122. The van der Waals surface area contributed by atoms with Crippen LogP contribution >= 0.6 is 0 Å². The fourth-order valence-corrected chi connectivity index (χ4v) is 4.65. The van der Waals surface area contributed by atoms with Gasteiger partial charge in [0.05, 0.1) is 25.8 Å². The number of H-pyrrole nitrogens is 1. The number of carbonyl (C=O) groups excluding carboxylic acids is 1. The summed E-state index contributed by atoms with van der Waals surface area (Å²) < 4.78 is 4.66. The van der Waals surface area contributed by atoms with E-state index in [0.717, 1.165) is 23.2 Å². The predicted molar refractivity (Wildman–Crippen MR) is 96.6 cm³/mol. The van der Waals surface area contributed by atoms with Crippen LogP contribution in [-0.4, -0.2) is 35.8 Å². The van der Waals surface area contributed by atoms with Crippen LogP contribution < -0.4 is 0 Å². The number of nitrogens with zero attached hydrogens (tertiary/aromatic N) is 1. The van der Waals surface area contributed by atoms with E-state index < -0.39 is 0 Å². The van der Waals surface area contributed by atoms with Crippen molar-refractivity contribution in [2.24, 2.45) is 5.92 Å². The minimum absolute atomic E-state index is 0.0833. The molecule has 2 aliphatic rings. The van der Waals surface area contributed by atoms with Crippen molar-refractivity contribution in [1.29, 1.82) is 0 Å². The van der Waals surface area contributed by atoms with Gasteiger partial charge < -0.3 is 19.6 Å². The smallest absolute Gasteiger partial charge is 0.306 e. The Labute approximate surface area is 147 Å². The average molecular weight is 340 g/mol. The molecule has 132 valence electrons. The van der Waals surface area contributed by atoms with Gasteiger partial charge in [0.25, 0.3) is 0 Å². The van der Waals surface area contributed by atoms with Crippen LogP contribution in [0.25, 0.3) is 10.9 Å². The first-order valence-electron chi connectivity index (χ1n) is 8.95. The molecule has 4 rings (SSSR count). The second-order valence-corrected chi connectivity index (χ2v) is 7.24. The molecule has 0 spiro atoms. The first kappa shape index (κ1) is 16.4. The van der Waals surface area contributed by atoms with Crippen molar-refractivity contribution >= 4 is 16.9 Å². The molecule has 5 heteroatoms. The molecule has 1 fully saturated rings. The number of hydrogen-bond acceptors (Lipinski definition) is 3. The summed E-state index contributed by atoms with van der Waals surface area (Å²) in [6.07, 6.45) is 3.86. The molecule has 1 aromatic carbocycles. The van der Waals surface area contributed by atoms with Crippen LogP contribution in [0.3, 0.4) is 0 Å². The lowest BCUT2D eigenvalue weighted by Gasteiger charge is -2.55. The SMILES string of the molecule is C/C=C1\C[N+]2([O-])CCc3c([nH]c4ccccc34)[C@@H]2C[C@H]1CC(=O)OC. The normalized spacial score (nSPS) is 30.1. The summed E-state index contributed by atoms with van der Waals surface area (Å²) in [5.41, 5.74) is 4.55. The van der Waals surface area contributed by atoms with E-state index in [4.69, 9.17) is 4.74 Å². The van der Waals surface area contributed by atoms with E-state index in [-0.39, 0.29) is 22.6 Å². The van der Waals surface area contributed by atoms with Gasteiger partial charge >= 0.3 is 5.97 Å². The van der Waals surface area contributed by atoms with E-state index in [2.05, 4.69) is 17.1 Å². The number of fused-ring (bicyclic) bond motifs is 5. The van der Waals surface area contributed by atoms with Crippen molar-refractivity contribution in [3.8, 4) is 0 Å². The number of para-hydroxylation sites is 1. The number of quaternary nitrogens is 1. The highest BCUT2D eigenvalue weighted by atomic mass is 16.5. The number of esters is 1. The number of benzene rings is 1. The van der Waals surface area contributed by atoms with Crippen molar-refractivity contribution in [3.63, 3.8) is 0 Å². The second kappa shape index (κ2) is 6.00. The Kier molecular flexibility index (Phi) is 3.93. The van der Waals surface area contributed by atoms with Gasteiger partial charge in [0, 0.05) is 29.7 Å². The number of piperidine rings is 1. The van der Waals surface area contributed by atoms with Crippen LogP contribution in [0, 0.1) is 11.1 Å². The maximum absolute atomic E-state index is 13.6. The topological polar surface area (TPSA) is 65.1 Å². The summed E-state index contributed by atoms with van der Waals surface area (Å²) in [7, 11) is 1.42. The van der Waals surface area contributed by atoms with E-state index in [1.54, 1.807) is 0 Å². The maximum atomic E-state index is 13.6. The van der Waals surface area contributed by atoms with Crippen LogP contribution in [0.1, 0.15) is 37.1 Å². The van der Waals surface area contributed by atoms with Crippen molar-refractivity contribution in [1.82, 2.24) is 4.98 Å². The zero-order valence-electron chi connectivity index (χ0n) is 14.7. The highest BCUT2D eigenvalue weighted by Crippen LogP contribution is 2.47. The van der Waals surface area contributed by atoms with E-state index in [0.29, 0.717) is 25.9 Å². The molecule has 1 saturated heterocycles. The number of rotatable bonds is 2. The fraction of sp³-hybridized carbons (Fsp3) is 0.450. The zero-order valence-corrected chi connectivity index (χ0v) is 14.7. The number of carbonyl (C=O) groups is 1. The van der Waals surface area contributed by atoms with E-state index >= 15 is 0 Å². The highest BCUT2D eigenvalue weighted by Gasteiger charge is 2.45. The lowest BCUT2D eigenvalue weighted by Crippen LogP contribution is -2.54. The highest BCUT2D eigenvalue weighted by molar-refractivity contribution is 5.85. The summed E-state index contributed by atoms with van der Waals surface area (Å²) in [6, 6.07) is 8.13. The zero-order chi connectivity index (χ0) is 17.6. The van der Waals surface area contributed by atoms with Crippen LogP contribution in [0.5, 0.6) is 0 Å². The Balaban J connectivity index is 1.75. The lowest BCUT2D eigenvalue weighted by molar-refractivity contribution is -0.914. The number of aromatic amines is 1. The van der Waals surface area contributed by atoms with Crippen molar-refractivity contribution in [2.75, 3.05) is 20.2 Å². The standard InChI is InChI=1S/C20H24N2O3/c1-3-13-12-22(24)9-8-16-15-6-4-5-7-17(15)21-20(16)18(22)10-14(13)11-19(23)25-2/h3-7,14,18,21H,8-12H2,1-2H3/b13-3+/t14-,18-,22?/m0/s1. The second-order valence-electron chi connectivity index (χ2n) is 7.24. The van der Waals surface area contributed by atoms with Crippen molar-refractivity contribution in [2.45, 2.75) is 32.2 Å². The third-order valence-corrected chi connectivity index (χ3v) is 5.98. The first-order chi connectivity index (χ1) is 12.1. The van der Waals surface area contributed by atoms with Gasteiger partial charge in [-0.15, -0.1) is 0 Å². The molecule has 25 heavy (non-hydrogen) atoms. The first-order valence-corrected chi connectivity index (χ1v) is 8.95. The van der Waals surface area contributed by atoms with Crippen LogP contribution in [0.15, 0.2) is 35.9 Å². The van der Waals surface area contributed by atoms with Gasteiger partial charge in [-0.1, -0.05) is 24.3 Å². The molecule has 0 radical (unpaired) electrons. The number of hydroxylamine groups is 3. The Bertz CT molecular complexity index is 854. The minimum Gasteiger partial charge on any atom is -0.632 e. The largest absolute Gasteiger partial charge is 0.632 e. The quantitative estimate of drug-likeness (QED) is 0.393. The minimum atomic E-state index is -0.211. The number of aromatic nitrogens is 1. The molecule has 0 bridgehead atoms. The molecule has 0 aliphatic carbocycles. The van der Waals surface area contributed by atoms with Crippen LogP contribution in [0.4, 0.5) is 0 Å². The van der Waals surface area contributed by atoms with Gasteiger partial charge in [0.1, 0.15) is 12.6 Å². The Hall–Kier alpha value is -2.11. The number of hydrogen-bond donors (Lipinski definition) is 1. The Morgan fingerprint density at radius 2 is 2.24 bits per heavy atom. The molecule has 3 atom stereocenters. The summed E-state index contributed by atoms with van der Waals surface area (Å²) in [4.78, 5) is 15.3. The van der Waals surface area contributed by atoms with Gasteiger partial charge in [-0.25, -0.2) is 0 Å². The lowest BCUT2D eigenvalue weighted by atomic mass is 9.79. The molecule has 5 nitrogen and oxygen atoms in total. The molecular formula is C20H24N2O3. The van der Waals surface area contributed by atoms with Crippen molar-refractivity contribution in [3.05, 3.63) is 52.4 Å². The molecule has 1 unspecified atom stereocenters. The van der Waals surface area contributed by atoms with Crippen molar-refractivity contribution < 1.29 is 14.2 Å². The maximum Gasteiger partial charge on any atom is 0.306 e. The Morgan fingerprint density at radius 3 is 3.00 bits per heavy atom. The third kappa shape index (κ3) is 2.58. The van der Waals surface area contributed by atoms with Crippen LogP contribution in [-0.2, 0) is 16.0 Å². The molecular weight excluding hydrogens is 316 g/mol. The molecule has 3 heterocycles. The van der Waals surface area contributed by atoms with Gasteiger partial charge in [0.2, 0.25) is 0 Å². The monoisotopic (exact) mass is 340 g/mol. The van der Waals surface area contributed by atoms with Gasteiger partial charge in [-0.2, -0.15) is 0 Å². The average Bonchev–Trinajstić information content (AvgIpc) is 3.00. The fourth-order valence-electron chi connectivity index (χ4n) is 4.65. The third-order valence-electron chi connectivity index (χ3n) is 5.98. The Morgan fingerprint density at radius 1 is 1.44 bits per heavy atom. The molecule has 0 saturated carbocycles. The molecule has 2 aromatic rings. The number of methoxy groups -OCH3 is 1. The van der Waals surface area contributed by atoms with E-state index in [1.807, 2.05) is 25.1 Å². The van der Waals surface area contributed by atoms with Gasteiger partial charge in [0.15, 0.2) is 0 Å². The summed E-state index contributed by atoms with van der Waals surface area (Å²) in [5, 5.41) is 14.8. The van der Waals surface area contributed by atoms with E-state index in [9.17, 15) is 10.0 Å². The van der Waals surface area contributed by atoms with E-state index in [1.165, 1.54) is 18.1 Å². The number of ether oxygens (including phenoxy) is 1. The molecule has 1 aromatic heterocycles. The molecule has 0 amide bonds. The number of allylic oxidation sites excluding steroid dienone is 1. The molecule has 1 N–H and O–H groups in total. The van der Waals surface area contributed by atoms with Gasteiger partial charge in [-0.05, 0) is 24.1 Å². The summed E-state index contributed by atoms with van der Waals surface area (Å²) in [6.45, 7) is 3.03. The van der Waals surface area contributed by atoms with Gasteiger partial charge in [-0.3, -0.25) is 4.79 Å². The van der Waals surface area contributed by atoms with Crippen LogP contribution in [0.2, 0.25) is 0 Å². The summed E-state index contributed by atoms with van der Waals surface area (Å²) >= 11 is 0.